The molecule has 1 fully saturated rings. The molecule has 0 saturated carbocycles. The van der Waals surface area contributed by atoms with Crippen LogP contribution >= 0.6 is 11.6 Å². The van der Waals surface area contributed by atoms with Gasteiger partial charge in [-0.15, -0.1) is 0 Å². The van der Waals surface area contributed by atoms with Crippen molar-refractivity contribution in [3.63, 3.8) is 0 Å². The van der Waals surface area contributed by atoms with E-state index < -0.39 is 44.6 Å². The molecule has 0 spiro atoms. The standard InChI is InChI=1S/C30H31ClN4O8S2/c1-20-6-9-24(45(40,41)35-12-14-42-15-13-35)17-27(20)33-29(36)19-43-30(37)28(16-21-18-32-26-5-3-2-4-25(21)26)34-44(38,39)23-10-7-22(31)8-11-23/h2-11,17-18,28,32,34H,12-16,19H2,1H3,(H,33,36)/t28-/m1/s1. The fourth-order valence-corrected chi connectivity index (χ4v) is 7.56. The van der Waals surface area contributed by atoms with Gasteiger partial charge in [-0.3, -0.25) is 9.59 Å². The molecule has 0 radical (unpaired) electrons. The van der Waals surface area contributed by atoms with Crippen molar-refractivity contribution in [3.05, 3.63) is 89.1 Å². The first-order valence-electron chi connectivity index (χ1n) is 13.9. The first kappa shape index (κ1) is 32.6. The number of anilines is 1. The van der Waals surface area contributed by atoms with Crippen LogP contribution in [0, 0.1) is 6.92 Å². The molecule has 1 amide bonds. The highest BCUT2D eigenvalue weighted by molar-refractivity contribution is 7.89. The minimum Gasteiger partial charge on any atom is -0.454 e. The second-order valence-corrected chi connectivity index (χ2v) is 14.4. The lowest BCUT2D eigenvalue weighted by Crippen LogP contribution is -2.44. The van der Waals surface area contributed by atoms with Crippen molar-refractivity contribution in [2.24, 2.45) is 0 Å². The molecule has 1 atom stereocenters. The third kappa shape index (κ3) is 7.72. The molecule has 1 aliphatic rings. The normalized spacial score (nSPS) is 15.1. The lowest BCUT2D eigenvalue weighted by Gasteiger charge is -2.26. The number of H-pyrrole nitrogens is 1. The Kier molecular flexibility index (Phi) is 9.91. The molecule has 0 bridgehead atoms. The fourth-order valence-electron chi connectivity index (χ4n) is 4.82. The summed E-state index contributed by atoms with van der Waals surface area (Å²) in [5, 5.41) is 3.72. The van der Waals surface area contributed by atoms with Gasteiger partial charge >= 0.3 is 5.97 Å². The molecular formula is C30H31ClN4O8S2. The number of morpholine rings is 1. The Hall–Kier alpha value is -3.79. The number of para-hydroxylation sites is 1. The Morgan fingerprint density at radius 1 is 1.00 bits per heavy atom. The number of nitrogens with zero attached hydrogens (tertiary/aromatic N) is 1. The number of rotatable bonds is 11. The van der Waals surface area contributed by atoms with E-state index in [0.29, 0.717) is 16.1 Å². The molecule has 3 aromatic carbocycles. The van der Waals surface area contributed by atoms with Gasteiger partial charge in [-0.2, -0.15) is 9.03 Å². The van der Waals surface area contributed by atoms with Crippen molar-refractivity contribution in [3.8, 4) is 0 Å². The monoisotopic (exact) mass is 674 g/mol. The molecule has 1 aliphatic heterocycles. The van der Waals surface area contributed by atoms with E-state index in [-0.39, 0.29) is 48.2 Å². The summed E-state index contributed by atoms with van der Waals surface area (Å²) in [6.07, 6.45) is 1.60. The fraction of sp³-hybridized carbons (Fsp3) is 0.267. The van der Waals surface area contributed by atoms with Gasteiger partial charge < -0.3 is 19.8 Å². The predicted molar refractivity (Wildman–Crippen MR) is 168 cm³/mol. The Morgan fingerprint density at radius 3 is 2.42 bits per heavy atom. The third-order valence-electron chi connectivity index (χ3n) is 7.24. The zero-order valence-corrected chi connectivity index (χ0v) is 26.5. The van der Waals surface area contributed by atoms with E-state index in [9.17, 15) is 26.4 Å². The van der Waals surface area contributed by atoms with Gasteiger partial charge in [-0.1, -0.05) is 35.9 Å². The minimum atomic E-state index is -4.19. The van der Waals surface area contributed by atoms with Crippen molar-refractivity contribution in [1.29, 1.82) is 0 Å². The van der Waals surface area contributed by atoms with E-state index >= 15 is 0 Å². The number of aryl methyl sites for hydroxylation is 1. The summed E-state index contributed by atoms with van der Waals surface area (Å²) in [4.78, 5) is 29.1. The van der Waals surface area contributed by atoms with E-state index in [1.165, 1.54) is 40.7 Å². The summed E-state index contributed by atoms with van der Waals surface area (Å²) in [6.45, 7) is 1.96. The summed E-state index contributed by atoms with van der Waals surface area (Å²) >= 11 is 5.91. The second-order valence-electron chi connectivity index (χ2n) is 10.3. The van der Waals surface area contributed by atoms with Crippen LogP contribution in [0.1, 0.15) is 11.1 Å². The van der Waals surface area contributed by atoms with Crippen LogP contribution < -0.4 is 10.0 Å². The SMILES string of the molecule is Cc1ccc(S(=O)(=O)N2CCOCC2)cc1NC(=O)COC(=O)[C@@H](Cc1c[nH]c2ccccc12)NS(=O)(=O)c1ccc(Cl)cc1. The topological polar surface area (TPSA) is 164 Å². The van der Waals surface area contributed by atoms with Crippen LogP contribution in [0.5, 0.6) is 0 Å². The van der Waals surface area contributed by atoms with E-state index in [1.54, 1.807) is 19.2 Å². The predicted octanol–water partition coefficient (Wildman–Crippen LogP) is 3.22. The molecular weight excluding hydrogens is 644 g/mol. The maximum absolute atomic E-state index is 13.3. The van der Waals surface area contributed by atoms with E-state index in [4.69, 9.17) is 21.1 Å². The van der Waals surface area contributed by atoms with Crippen molar-refractivity contribution < 1.29 is 35.9 Å². The lowest BCUT2D eigenvalue weighted by atomic mass is 10.1. The van der Waals surface area contributed by atoms with E-state index in [2.05, 4.69) is 15.0 Å². The summed E-state index contributed by atoms with van der Waals surface area (Å²) in [5.74, 6) is -1.72. The first-order valence-corrected chi connectivity index (χ1v) is 17.2. The van der Waals surface area contributed by atoms with Crippen molar-refractivity contribution in [1.82, 2.24) is 14.0 Å². The van der Waals surface area contributed by atoms with Gasteiger partial charge in [-0.25, -0.2) is 16.8 Å². The number of hydrogen-bond donors (Lipinski definition) is 3. The number of hydrogen-bond acceptors (Lipinski definition) is 8. The smallest absolute Gasteiger partial charge is 0.325 e. The number of carbonyl (C=O) groups excluding carboxylic acids is 2. The van der Waals surface area contributed by atoms with Crippen LogP contribution in [-0.4, -0.2) is 77.0 Å². The van der Waals surface area contributed by atoms with Gasteiger partial charge in [-0.05, 0) is 60.5 Å². The van der Waals surface area contributed by atoms with Gasteiger partial charge in [0.1, 0.15) is 6.04 Å². The van der Waals surface area contributed by atoms with Gasteiger partial charge in [0.05, 0.1) is 23.0 Å². The van der Waals surface area contributed by atoms with Crippen LogP contribution in [0.2, 0.25) is 5.02 Å². The summed E-state index contributed by atoms with van der Waals surface area (Å²) in [6, 6.07) is 15.8. The Balaban J connectivity index is 1.30. The number of esters is 1. The van der Waals surface area contributed by atoms with Crippen LogP contribution in [0.3, 0.4) is 0 Å². The third-order valence-corrected chi connectivity index (χ3v) is 10.9. The molecule has 5 rings (SSSR count). The zero-order valence-electron chi connectivity index (χ0n) is 24.2. The highest BCUT2D eigenvalue weighted by Gasteiger charge is 2.30. The van der Waals surface area contributed by atoms with E-state index in [1.807, 2.05) is 24.3 Å². The molecule has 45 heavy (non-hydrogen) atoms. The number of aromatic amines is 1. The van der Waals surface area contributed by atoms with Crippen molar-refractivity contribution in [2.75, 3.05) is 38.2 Å². The number of benzene rings is 3. The molecule has 2 heterocycles. The quantitative estimate of drug-likeness (QED) is 0.204. The molecule has 1 aromatic heterocycles. The largest absolute Gasteiger partial charge is 0.454 e. The average Bonchev–Trinajstić information content (AvgIpc) is 3.43. The first-order chi connectivity index (χ1) is 21.4. The minimum absolute atomic E-state index is 0.00214. The van der Waals surface area contributed by atoms with E-state index in [0.717, 1.165) is 10.9 Å². The number of halogens is 1. The maximum atomic E-state index is 13.3. The van der Waals surface area contributed by atoms with Gasteiger partial charge in [0.15, 0.2) is 6.61 Å². The van der Waals surface area contributed by atoms with Gasteiger partial charge in [0.2, 0.25) is 20.0 Å². The molecule has 0 unspecified atom stereocenters. The Morgan fingerprint density at radius 2 is 1.69 bits per heavy atom. The highest BCUT2D eigenvalue weighted by Crippen LogP contribution is 2.24. The van der Waals surface area contributed by atoms with Crippen LogP contribution in [0.25, 0.3) is 10.9 Å². The Bertz CT molecular complexity index is 1920. The molecule has 4 aromatic rings. The summed E-state index contributed by atoms with van der Waals surface area (Å²) < 4.78 is 66.8. The molecule has 12 nitrogen and oxygen atoms in total. The lowest BCUT2D eigenvalue weighted by molar-refractivity contribution is -0.149. The molecule has 1 saturated heterocycles. The van der Waals surface area contributed by atoms with Crippen LogP contribution in [-0.2, 0) is 45.5 Å². The number of aromatic nitrogens is 1. The average molecular weight is 675 g/mol. The number of fused-ring (bicyclic) bond motifs is 1. The molecule has 0 aliphatic carbocycles. The number of amides is 1. The van der Waals surface area contributed by atoms with Crippen LogP contribution in [0.4, 0.5) is 5.69 Å². The van der Waals surface area contributed by atoms with Crippen molar-refractivity contribution >= 4 is 60.1 Å². The molecule has 3 N–H and O–H groups in total. The summed E-state index contributed by atoms with van der Waals surface area (Å²) in [7, 11) is -8.00. The molecule has 15 heteroatoms. The highest BCUT2D eigenvalue weighted by atomic mass is 35.5. The number of ether oxygens (including phenoxy) is 2. The van der Waals surface area contributed by atoms with Crippen LogP contribution in [0.15, 0.2) is 82.7 Å². The van der Waals surface area contributed by atoms with Gasteiger partial charge in [0.25, 0.3) is 5.91 Å². The maximum Gasteiger partial charge on any atom is 0.325 e. The number of sulfonamides is 2. The van der Waals surface area contributed by atoms with Crippen molar-refractivity contribution in [2.45, 2.75) is 29.2 Å². The Labute approximate surface area is 265 Å². The number of carbonyl (C=O) groups is 2. The summed E-state index contributed by atoms with van der Waals surface area (Å²) in [5.41, 5.74) is 2.27. The second kappa shape index (κ2) is 13.7. The van der Waals surface area contributed by atoms with Gasteiger partial charge in [0, 0.05) is 47.3 Å². The zero-order chi connectivity index (χ0) is 32.2. The molecule has 238 valence electrons. The number of nitrogens with one attached hydrogen (secondary N) is 3.